The lowest BCUT2D eigenvalue weighted by Crippen LogP contribution is -2.59. The van der Waals surface area contributed by atoms with Crippen molar-refractivity contribution in [3.05, 3.63) is 0 Å². The third-order valence-electron chi connectivity index (χ3n) is 3.74. The van der Waals surface area contributed by atoms with E-state index < -0.39 is 24.2 Å². The number of hydrogen-bond acceptors (Lipinski definition) is 4. The number of carboxylic acid groups (broad SMARTS) is 2. The first-order chi connectivity index (χ1) is 9.49. The van der Waals surface area contributed by atoms with E-state index in [9.17, 15) is 14.4 Å². The predicted molar refractivity (Wildman–Crippen MR) is 66.5 cm³/mol. The molecule has 2 amide bonds. The maximum absolute atomic E-state index is 12.0. The molecule has 0 radical (unpaired) electrons. The van der Waals surface area contributed by atoms with E-state index in [4.69, 9.17) is 14.9 Å². The lowest BCUT2D eigenvalue weighted by atomic mass is 10.2. The maximum Gasteiger partial charge on any atom is 0.410 e. The number of hydrogen-bond donors (Lipinski definition) is 2. The van der Waals surface area contributed by atoms with Gasteiger partial charge in [-0.1, -0.05) is 0 Å². The highest BCUT2D eigenvalue weighted by Crippen LogP contribution is 2.22. The zero-order valence-electron chi connectivity index (χ0n) is 11.0. The Hall–Kier alpha value is -1.99. The molecule has 1 aliphatic carbocycles. The van der Waals surface area contributed by atoms with Crippen molar-refractivity contribution < 1.29 is 29.3 Å². The Balaban J connectivity index is 1.99. The lowest BCUT2D eigenvalue weighted by Gasteiger charge is -2.37. The standard InChI is InChI=1S/C12H18N2O6/c15-10(16)9-7-13(11(17)18)5-6-14(9)12(19)20-8-3-1-2-4-8/h8-9H,1-7H2,(H,15,16)(H,17,18). The number of amides is 2. The second-order valence-electron chi connectivity index (χ2n) is 5.07. The largest absolute Gasteiger partial charge is 0.480 e. The monoisotopic (exact) mass is 286 g/mol. The molecule has 0 bridgehead atoms. The van der Waals surface area contributed by atoms with Crippen LogP contribution in [0.5, 0.6) is 0 Å². The average Bonchev–Trinajstić information content (AvgIpc) is 2.90. The summed E-state index contributed by atoms with van der Waals surface area (Å²) in [6, 6.07) is -1.19. The number of piperazine rings is 1. The van der Waals surface area contributed by atoms with Gasteiger partial charge in [0, 0.05) is 13.1 Å². The van der Waals surface area contributed by atoms with E-state index in [-0.39, 0.29) is 25.7 Å². The molecule has 0 aromatic carbocycles. The van der Waals surface area contributed by atoms with E-state index >= 15 is 0 Å². The van der Waals surface area contributed by atoms with E-state index in [1.165, 1.54) is 0 Å². The van der Waals surface area contributed by atoms with Crippen LogP contribution < -0.4 is 0 Å². The SMILES string of the molecule is O=C(O)C1CN(C(=O)O)CCN1C(=O)OC1CCCC1. The number of carbonyl (C=O) groups excluding carboxylic acids is 1. The molecule has 0 spiro atoms. The summed E-state index contributed by atoms with van der Waals surface area (Å²) in [4.78, 5) is 36.2. The number of aliphatic carboxylic acids is 1. The summed E-state index contributed by atoms with van der Waals surface area (Å²) >= 11 is 0. The van der Waals surface area contributed by atoms with Crippen LogP contribution in [0.3, 0.4) is 0 Å². The zero-order chi connectivity index (χ0) is 14.7. The van der Waals surface area contributed by atoms with Crippen LogP contribution in [-0.4, -0.2) is 69.9 Å². The van der Waals surface area contributed by atoms with Gasteiger partial charge < -0.3 is 19.8 Å². The van der Waals surface area contributed by atoms with Gasteiger partial charge >= 0.3 is 18.2 Å². The van der Waals surface area contributed by atoms with Gasteiger partial charge in [-0.15, -0.1) is 0 Å². The van der Waals surface area contributed by atoms with Gasteiger partial charge in [0.1, 0.15) is 6.10 Å². The summed E-state index contributed by atoms with van der Waals surface area (Å²) in [6.07, 6.45) is 1.64. The Bertz CT molecular complexity index is 407. The first-order valence-electron chi connectivity index (χ1n) is 6.67. The Labute approximate surface area is 115 Å². The van der Waals surface area contributed by atoms with Crippen molar-refractivity contribution in [3.63, 3.8) is 0 Å². The quantitative estimate of drug-likeness (QED) is 0.778. The van der Waals surface area contributed by atoms with Gasteiger partial charge in [0.05, 0.1) is 6.54 Å². The first kappa shape index (κ1) is 14.4. The van der Waals surface area contributed by atoms with Gasteiger partial charge in [-0.05, 0) is 25.7 Å². The van der Waals surface area contributed by atoms with E-state index in [2.05, 4.69) is 0 Å². The summed E-state index contributed by atoms with van der Waals surface area (Å²) in [6.45, 7) is -0.0991. The molecule has 1 unspecified atom stereocenters. The second kappa shape index (κ2) is 5.98. The molecule has 1 atom stereocenters. The molecule has 2 aliphatic rings. The molecule has 8 heteroatoms. The number of nitrogens with zero attached hydrogens (tertiary/aromatic N) is 2. The van der Waals surface area contributed by atoms with Crippen LogP contribution in [0.15, 0.2) is 0 Å². The molecule has 0 aromatic rings. The molecule has 2 rings (SSSR count). The van der Waals surface area contributed by atoms with Crippen LogP contribution >= 0.6 is 0 Å². The molecule has 2 fully saturated rings. The molecule has 20 heavy (non-hydrogen) atoms. The Morgan fingerprint density at radius 1 is 1.05 bits per heavy atom. The zero-order valence-corrected chi connectivity index (χ0v) is 11.0. The van der Waals surface area contributed by atoms with Gasteiger partial charge in [-0.25, -0.2) is 14.4 Å². The van der Waals surface area contributed by atoms with Gasteiger partial charge in [0.15, 0.2) is 6.04 Å². The van der Waals surface area contributed by atoms with Gasteiger partial charge in [0.25, 0.3) is 0 Å². The molecule has 1 heterocycles. The van der Waals surface area contributed by atoms with Crippen molar-refractivity contribution in [1.29, 1.82) is 0 Å². The van der Waals surface area contributed by atoms with Crippen molar-refractivity contribution >= 4 is 18.2 Å². The number of carboxylic acids is 1. The molecule has 0 aromatic heterocycles. The minimum atomic E-state index is -1.22. The summed E-state index contributed by atoms with van der Waals surface area (Å²) in [7, 11) is 0. The minimum absolute atomic E-state index is 0.0365. The third kappa shape index (κ3) is 3.12. The molecule has 2 N–H and O–H groups in total. The van der Waals surface area contributed by atoms with Gasteiger partial charge in [-0.2, -0.15) is 0 Å². The van der Waals surface area contributed by atoms with Gasteiger partial charge in [0.2, 0.25) is 0 Å². The molecule has 1 saturated heterocycles. The van der Waals surface area contributed by atoms with Crippen LogP contribution in [0.2, 0.25) is 0 Å². The number of rotatable bonds is 2. The lowest BCUT2D eigenvalue weighted by molar-refractivity contribution is -0.144. The van der Waals surface area contributed by atoms with Crippen LogP contribution in [0.4, 0.5) is 9.59 Å². The molecular weight excluding hydrogens is 268 g/mol. The topological polar surface area (TPSA) is 107 Å². The maximum atomic E-state index is 12.0. The van der Waals surface area contributed by atoms with Crippen molar-refractivity contribution in [3.8, 4) is 0 Å². The molecule has 112 valence electrons. The number of ether oxygens (including phenoxy) is 1. The highest BCUT2D eigenvalue weighted by atomic mass is 16.6. The highest BCUT2D eigenvalue weighted by Gasteiger charge is 2.38. The highest BCUT2D eigenvalue weighted by molar-refractivity contribution is 5.81. The molecule has 8 nitrogen and oxygen atoms in total. The van der Waals surface area contributed by atoms with E-state index in [1.807, 2.05) is 0 Å². The normalized spacial score (nSPS) is 23.7. The molecule has 1 saturated carbocycles. The van der Waals surface area contributed by atoms with Crippen molar-refractivity contribution in [1.82, 2.24) is 9.80 Å². The number of carbonyl (C=O) groups is 3. The summed E-state index contributed by atoms with van der Waals surface area (Å²) in [5.41, 5.74) is 0. The summed E-state index contributed by atoms with van der Waals surface area (Å²) in [5.74, 6) is -1.22. The van der Waals surface area contributed by atoms with Crippen molar-refractivity contribution in [2.75, 3.05) is 19.6 Å². The Kier molecular flexibility index (Phi) is 4.31. The summed E-state index contributed by atoms with van der Waals surface area (Å²) < 4.78 is 5.28. The Morgan fingerprint density at radius 3 is 2.25 bits per heavy atom. The second-order valence-corrected chi connectivity index (χ2v) is 5.07. The van der Waals surface area contributed by atoms with E-state index in [1.54, 1.807) is 0 Å². The van der Waals surface area contributed by atoms with Gasteiger partial charge in [-0.3, -0.25) is 4.90 Å². The van der Waals surface area contributed by atoms with Crippen LogP contribution in [0.1, 0.15) is 25.7 Å². The van der Waals surface area contributed by atoms with Crippen LogP contribution in [-0.2, 0) is 9.53 Å². The fourth-order valence-electron chi connectivity index (χ4n) is 2.60. The Morgan fingerprint density at radius 2 is 1.70 bits per heavy atom. The van der Waals surface area contributed by atoms with E-state index in [0.29, 0.717) is 0 Å². The van der Waals surface area contributed by atoms with Crippen molar-refractivity contribution in [2.45, 2.75) is 37.8 Å². The van der Waals surface area contributed by atoms with Crippen molar-refractivity contribution in [2.24, 2.45) is 0 Å². The van der Waals surface area contributed by atoms with E-state index in [0.717, 1.165) is 35.5 Å². The minimum Gasteiger partial charge on any atom is -0.480 e. The third-order valence-corrected chi connectivity index (χ3v) is 3.74. The molecular formula is C12H18N2O6. The fourth-order valence-corrected chi connectivity index (χ4v) is 2.60. The van der Waals surface area contributed by atoms with Crippen LogP contribution in [0, 0.1) is 0 Å². The smallest absolute Gasteiger partial charge is 0.410 e. The van der Waals surface area contributed by atoms with Crippen LogP contribution in [0.25, 0.3) is 0 Å². The predicted octanol–water partition coefficient (Wildman–Crippen LogP) is 0.814. The fraction of sp³-hybridized carbons (Fsp3) is 0.750. The first-order valence-corrected chi connectivity index (χ1v) is 6.67. The average molecular weight is 286 g/mol. The summed E-state index contributed by atoms with van der Waals surface area (Å²) in [5, 5.41) is 18.0. The molecule has 1 aliphatic heterocycles.